The van der Waals surface area contributed by atoms with Gasteiger partial charge in [-0.25, -0.2) is 9.97 Å². The van der Waals surface area contributed by atoms with Crippen LogP contribution in [0.3, 0.4) is 0 Å². The SMILES string of the molecule is CN(C(=O)c1ccccc1)c1ccc2c(c1)nc(NC(=O)c1ccc(-c3cnco3)s1)n2C1CC1. The Hall–Kier alpha value is -4.24. The normalized spacial score (nSPS) is 13.2. The van der Waals surface area contributed by atoms with E-state index in [1.807, 2.05) is 42.5 Å². The van der Waals surface area contributed by atoms with E-state index in [0.717, 1.165) is 34.4 Å². The van der Waals surface area contributed by atoms with Gasteiger partial charge in [0.2, 0.25) is 5.95 Å². The number of carbonyl (C=O) groups excluding carboxylic acids is 2. The van der Waals surface area contributed by atoms with Crippen molar-refractivity contribution < 1.29 is 14.0 Å². The highest BCUT2D eigenvalue weighted by atomic mass is 32.1. The fourth-order valence-corrected chi connectivity index (χ4v) is 4.93. The maximum atomic E-state index is 13.0. The van der Waals surface area contributed by atoms with Crippen LogP contribution in [0.25, 0.3) is 21.7 Å². The molecule has 3 aromatic heterocycles. The molecule has 1 N–H and O–H groups in total. The van der Waals surface area contributed by atoms with Crippen molar-refractivity contribution in [2.75, 3.05) is 17.3 Å². The third kappa shape index (κ3) is 4.00. The molecule has 0 radical (unpaired) electrons. The van der Waals surface area contributed by atoms with E-state index in [2.05, 4.69) is 14.9 Å². The van der Waals surface area contributed by atoms with Crippen LogP contribution in [0.4, 0.5) is 11.6 Å². The van der Waals surface area contributed by atoms with Crippen molar-refractivity contribution in [1.82, 2.24) is 14.5 Å². The topological polar surface area (TPSA) is 93.3 Å². The molecule has 174 valence electrons. The number of benzene rings is 2. The number of aromatic nitrogens is 3. The summed E-state index contributed by atoms with van der Waals surface area (Å²) in [6.45, 7) is 0. The molecule has 1 aliphatic carbocycles. The number of hydrogen-bond donors (Lipinski definition) is 1. The number of anilines is 2. The van der Waals surface area contributed by atoms with Gasteiger partial charge in [0.1, 0.15) is 0 Å². The number of imidazole rings is 1. The summed E-state index contributed by atoms with van der Waals surface area (Å²) in [5, 5.41) is 2.99. The molecule has 0 aliphatic heterocycles. The van der Waals surface area contributed by atoms with E-state index in [1.165, 1.54) is 17.7 Å². The number of thiophene rings is 1. The predicted molar refractivity (Wildman–Crippen MR) is 135 cm³/mol. The first-order valence-corrected chi connectivity index (χ1v) is 12.1. The Morgan fingerprint density at radius 2 is 1.94 bits per heavy atom. The van der Waals surface area contributed by atoms with Gasteiger partial charge in [0, 0.05) is 24.3 Å². The van der Waals surface area contributed by atoms with Crippen molar-refractivity contribution in [2.24, 2.45) is 0 Å². The van der Waals surface area contributed by atoms with Crippen LogP contribution >= 0.6 is 11.3 Å². The molecule has 1 aliphatic rings. The van der Waals surface area contributed by atoms with Gasteiger partial charge in [-0.15, -0.1) is 11.3 Å². The van der Waals surface area contributed by atoms with Gasteiger partial charge >= 0.3 is 0 Å². The first-order valence-electron chi connectivity index (χ1n) is 11.2. The summed E-state index contributed by atoms with van der Waals surface area (Å²) in [5.41, 5.74) is 3.01. The van der Waals surface area contributed by atoms with Crippen LogP contribution in [0, 0.1) is 0 Å². The lowest BCUT2D eigenvalue weighted by Gasteiger charge is -2.17. The number of nitrogens with one attached hydrogen (secondary N) is 1. The third-order valence-corrected chi connectivity index (χ3v) is 7.13. The summed E-state index contributed by atoms with van der Waals surface area (Å²) in [7, 11) is 1.75. The van der Waals surface area contributed by atoms with Gasteiger partial charge in [-0.1, -0.05) is 18.2 Å². The highest BCUT2D eigenvalue weighted by molar-refractivity contribution is 7.17. The summed E-state index contributed by atoms with van der Waals surface area (Å²) in [6, 6.07) is 18.9. The summed E-state index contributed by atoms with van der Waals surface area (Å²) in [4.78, 5) is 37.6. The lowest BCUT2D eigenvalue weighted by Crippen LogP contribution is -2.26. The van der Waals surface area contributed by atoms with Crippen molar-refractivity contribution in [2.45, 2.75) is 18.9 Å². The number of carbonyl (C=O) groups is 2. The number of amides is 2. The lowest BCUT2D eigenvalue weighted by molar-refractivity contribution is 0.0991. The Balaban J connectivity index is 1.29. The van der Waals surface area contributed by atoms with Crippen LogP contribution in [0.1, 0.15) is 38.9 Å². The predicted octanol–water partition coefficient (Wildman–Crippen LogP) is 5.62. The molecule has 35 heavy (non-hydrogen) atoms. The molecule has 1 fully saturated rings. The molecule has 5 aromatic rings. The molecule has 6 rings (SSSR count). The molecule has 0 spiro atoms. The molecular weight excluding hydrogens is 462 g/mol. The maximum absolute atomic E-state index is 13.0. The zero-order chi connectivity index (χ0) is 23.9. The van der Waals surface area contributed by atoms with E-state index in [9.17, 15) is 9.59 Å². The van der Waals surface area contributed by atoms with Crippen LogP contribution < -0.4 is 10.2 Å². The van der Waals surface area contributed by atoms with E-state index in [-0.39, 0.29) is 11.8 Å². The summed E-state index contributed by atoms with van der Waals surface area (Å²) < 4.78 is 7.41. The van der Waals surface area contributed by atoms with Crippen molar-refractivity contribution >= 4 is 45.8 Å². The molecule has 0 atom stereocenters. The maximum Gasteiger partial charge on any atom is 0.268 e. The Morgan fingerprint density at radius 3 is 2.69 bits per heavy atom. The second-order valence-electron chi connectivity index (χ2n) is 8.42. The van der Waals surface area contributed by atoms with E-state index in [1.54, 1.807) is 36.3 Å². The van der Waals surface area contributed by atoms with Crippen LogP contribution in [0.5, 0.6) is 0 Å². The lowest BCUT2D eigenvalue weighted by atomic mass is 10.2. The highest BCUT2D eigenvalue weighted by Crippen LogP contribution is 2.41. The first-order chi connectivity index (χ1) is 17.1. The minimum Gasteiger partial charge on any atom is -0.443 e. The molecule has 0 bridgehead atoms. The summed E-state index contributed by atoms with van der Waals surface area (Å²) in [5.74, 6) is 0.812. The smallest absolute Gasteiger partial charge is 0.268 e. The third-order valence-electron chi connectivity index (χ3n) is 6.03. The van der Waals surface area contributed by atoms with Gasteiger partial charge in [-0.05, 0) is 55.3 Å². The van der Waals surface area contributed by atoms with Crippen molar-refractivity contribution in [1.29, 1.82) is 0 Å². The average molecular weight is 484 g/mol. The average Bonchev–Trinajstić information content (AvgIpc) is 3.28. The highest BCUT2D eigenvalue weighted by Gasteiger charge is 2.29. The van der Waals surface area contributed by atoms with Gasteiger partial charge in [0.05, 0.1) is 27.0 Å². The molecule has 3 heterocycles. The number of fused-ring (bicyclic) bond motifs is 1. The summed E-state index contributed by atoms with van der Waals surface area (Å²) in [6.07, 6.45) is 5.07. The molecule has 2 aromatic carbocycles. The van der Waals surface area contributed by atoms with Crippen LogP contribution in [0.15, 0.2) is 77.7 Å². The van der Waals surface area contributed by atoms with Gasteiger partial charge in [-0.2, -0.15) is 0 Å². The van der Waals surface area contributed by atoms with Crippen LogP contribution in [-0.2, 0) is 0 Å². The van der Waals surface area contributed by atoms with E-state index >= 15 is 0 Å². The fourth-order valence-electron chi connectivity index (χ4n) is 4.07. The van der Waals surface area contributed by atoms with Crippen LogP contribution in [0.2, 0.25) is 0 Å². The first kappa shape index (κ1) is 21.3. The summed E-state index contributed by atoms with van der Waals surface area (Å²) >= 11 is 1.34. The Labute approximate surface area is 204 Å². The zero-order valence-electron chi connectivity index (χ0n) is 18.8. The van der Waals surface area contributed by atoms with E-state index < -0.39 is 0 Å². The fraction of sp³-hybridized carbons (Fsp3) is 0.154. The van der Waals surface area contributed by atoms with Gasteiger partial charge in [0.25, 0.3) is 11.8 Å². The molecule has 8 nitrogen and oxygen atoms in total. The Kier molecular flexibility index (Phi) is 5.18. The second kappa shape index (κ2) is 8.52. The number of nitrogens with zero attached hydrogens (tertiary/aromatic N) is 4. The number of oxazole rings is 1. The monoisotopic (exact) mass is 483 g/mol. The van der Waals surface area contributed by atoms with Gasteiger partial charge in [0.15, 0.2) is 12.2 Å². The molecular formula is C26H21N5O3S. The second-order valence-corrected chi connectivity index (χ2v) is 9.51. The van der Waals surface area contributed by atoms with Gasteiger partial charge < -0.3 is 13.9 Å². The number of hydrogen-bond acceptors (Lipinski definition) is 6. The molecule has 1 saturated carbocycles. The Bertz CT molecular complexity index is 1530. The van der Waals surface area contributed by atoms with Crippen molar-refractivity contribution in [3.05, 3.63) is 83.7 Å². The number of rotatable bonds is 6. The van der Waals surface area contributed by atoms with Gasteiger partial charge in [-0.3, -0.25) is 14.9 Å². The Morgan fingerprint density at radius 1 is 1.11 bits per heavy atom. The minimum atomic E-state index is -0.227. The quantitative estimate of drug-likeness (QED) is 0.339. The van der Waals surface area contributed by atoms with E-state index in [4.69, 9.17) is 9.40 Å². The van der Waals surface area contributed by atoms with Crippen molar-refractivity contribution in [3.8, 4) is 10.6 Å². The molecule has 9 heteroatoms. The zero-order valence-corrected chi connectivity index (χ0v) is 19.7. The van der Waals surface area contributed by atoms with Crippen LogP contribution in [-0.4, -0.2) is 33.4 Å². The van der Waals surface area contributed by atoms with E-state index in [0.29, 0.717) is 28.2 Å². The molecule has 0 unspecified atom stereocenters. The minimum absolute atomic E-state index is 0.0969. The largest absolute Gasteiger partial charge is 0.443 e. The standard InChI is InChI=1S/C26H21N5O3S/c1-30(25(33)16-5-3-2-4-6-16)18-9-10-20-19(13-18)28-26(31(20)17-7-8-17)29-24(32)23-12-11-22(35-23)21-14-27-15-34-21/h2-6,9-15,17H,7-8H2,1H3,(H,28,29,32). The molecule has 2 amide bonds. The van der Waals surface area contributed by atoms with Crippen molar-refractivity contribution in [3.63, 3.8) is 0 Å². The molecule has 0 saturated heterocycles.